The second kappa shape index (κ2) is 7.24. The van der Waals surface area contributed by atoms with E-state index < -0.39 is 0 Å². The van der Waals surface area contributed by atoms with Crippen molar-refractivity contribution >= 4 is 29.1 Å². The molecule has 6 heteroatoms. The third-order valence-electron chi connectivity index (χ3n) is 5.70. The van der Waals surface area contributed by atoms with E-state index in [1.165, 1.54) is 17.7 Å². The first kappa shape index (κ1) is 17.9. The number of amides is 1. The first-order valence-electron chi connectivity index (χ1n) is 9.34. The molecule has 2 aliphatic rings. The first-order valence-corrected chi connectivity index (χ1v) is 10.1. The lowest BCUT2D eigenvalue weighted by atomic mass is 10.1. The van der Waals surface area contributed by atoms with E-state index in [0.29, 0.717) is 22.2 Å². The van der Waals surface area contributed by atoms with Gasteiger partial charge in [0.25, 0.3) is 5.91 Å². The molecule has 1 aromatic heterocycles. The van der Waals surface area contributed by atoms with Crippen molar-refractivity contribution in [3.63, 3.8) is 0 Å². The second-order valence-corrected chi connectivity index (χ2v) is 8.19. The maximum Gasteiger partial charge on any atom is 0.256 e. The zero-order valence-electron chi connectivity index (χ0n) is 15.0. The Morgan fingerprint density at radius 1 is 1.23 bits per heavy atom. The summed E-state index contributed by atoms with van der Waals surface area (Å²) in [4.78, 5) is 15.3. The Kier molecular flexibility index (Phi) is 4.98. The Morgan fingerprint density at radius 2 is 2.00 bits per heavy atom. The van der Waals surface area contributed by atoms with Crippen LogP contribution in [0.1, 0.15) is 59.4 Å². The molecule has 4 rings (SSSR count). The van der Waals surface area contributed by atoms with Gasteiger partial charge in [0.2, 0.25) is 0 Å². The lowest BCUT2D eigenvalue weighted by molar-refractivity contribution is 0.0661. The van der Waals surface area contributed by atoms with Gasteiger partial charge in [0.05, 0.1) is 22.8 Å². The highest BCUT2D eigenvalue weighted by Gasteiger charge is 2.31. The molecule has 0 unspecified atom stereocenters. The number of hydrogen-bond donors (Lipinski definition) is 0. The molecule has 1 fully saturated rings. The second-order valence-electron chi connectivity index (χ2n) is 7.34. The molecule has 138 valence electrons. The van der Waals surface area contributed by atoms with Crippen LogP contribution in [0.2, 0.25) is 10.0 Å². The number of rotatable bonds is 4. The van der Waals surface area contributed by atoms with Crippen molar-refractivity contribution in [3.8, 4) is 0 Å². The van der Waals surface area contributed by atoms with Crippen molar-refractivity contribution in [1.29, 1.82) is 0 Å². The molecule has 2 aliphatic carbocycles. The number of carbonyl (C=O) groups is 1. The molecule has 2 aromatic rings. The zero-order chi connectivity index (χ0) is 18.3. The van der Waals surface area contributed by atoms with Gasteiger partial charge in [-0.05, 0) is 55.9 Å². The number of benzene rings is 1. The molecule has 0 saturated heterocycles. The third-order valence-corrected chi connectivity index (χ3v) is 6.27. The smallest absolute Gasteiger partial charge is 0.256 e. The van der Waals surface area contributed by atoms with E-state index in [4.69, 9.17) is 28.3 Å². The molecule has 0 N–H and O–H groups in total. The fourth-order valence-corrected chi connectivity index (χ4v) is 4.76. The number of hydrogen-bond acceptors (Lipinski definition) is 2. The summed E-state index contributed by atoms with van der Waals surface area (Å²) < 4.78 is 1.99. The van der Waals surface area contributed by atoms with Crippen molar-refractivity contribution in [2.45, 2.75) is 57.5 Å². The lowest BCUT2D eigenvalue weighted by Crippen LogP contribution is -2.38. The summed E-state index contributed by atoms with van der Waals surface area (Å²) in [7, 11) is 2.00. The molecule has 0 atom stereocenters. The van der Waals surface area contributed by atoms with Gasteiger partial charge in [0.15, 0.2) is 0 Å². The number of carbonyl (C=O) groups excluding carboxylic acids is 1. The van der Waals surface area contributed by atoms with E-state index in [2.05, 4.69) is 0 Å². The summed E-state index contributed by atoms with van der Waals surface area (Å²) in [6.07, 6.45) is 7.72. The number of fused-ring (bicyclic) bond motifs is 1. The van der Waals surface area contributed by atoms with Crippen LogP contribution in [0.5, 0.6) is 0 Å². The van der Waals surface area contributed by atoms with Gasteiger partial charge >= 0.3 is 0 Å². The minimum absolute atomic E-state index is 0.0400. The van der Waals surface area contributed by atoms with Crippen LogP contribution in [-0.4, -0.2) is 26.6 Å². The van der Waals surface area contributed by atoms with E-state index in [1.54, 1.807) is 18.2 Å². The van der Waals surface area contributed by atoms with Gasteiger partial charge in [0, 0.05) is 23.8 Å². The Balaban J connectivity index is 1.68. The lowest BCUT2D eigenvalue weighted by Gasteiger charge is -2.29. The van der Waals surface area contributed by atoms with E-state index in [-0.39, 0.29) is 11.9 Å². The quantitative estimate of drug-likeness (QED) is 0.750. The molecule has 1 heterocycles. The van der Waals surface area contributed by atoms with Crippen LogP contribution in [0.25, 0.3) is 0 Å². The van der Waals surface area contributed by atoms with Crippen molar-refractivity contribution in [2.75, 3.05) is 0 Å². The molecule has 0 spiro atoms. The number of halogens is 2. The van der Waals surface area contributed by atoms with Crippen molar-refractivity contribution in [3.05, 3.63) is 50.8 Å². The molecular formula is C20H23Cl2N3O. The summed E-state index contributed by atoms with van der Waals surface area (Å²) in [5.41, 5.74) is 4.18. The predicted octanol–water partition coefficient (Wildman–Crippen LogP) is 4.80. The molecular weight excluding hydrogens is 369 g/mol. The van der Waals surface area contributed by atoms with Crippen LogP contribution in [0.4, 0.5) is 0 Å². The summed E-state index contributed by atoms with van der Waals surface area (Å²) in [6.45, 7) is 0.551. The van der Waals surface area contributed by atoms with Gasteiger partial charge in [-0.2, -0.15) is 5.10 Å². The maximum absolute atomic E-state index is 13.4. The normalized spacial score (nSPS) is 16.9. The molecule has 0 aliphatic heterocycles. The van der Waals surface area contributed by atoms with E-state index in [0.717, 1.165) is 44.2 Å². The first-order chi connectivity index (χ1) is 12.5. The van der Waals surface area contributed by atoms with Gasteiger partial charge < -0.3 is 4.90 Å². The van der Waals surface area contributed by atoms with Crippen LogP contribution in [-0.2, 0) is 26.4 Å². The van der Waals surface area contributed by atoms with Crippen molar-refractivity contribution < 1.29 is 4.79 Å². The molecule has 1 amide bonds. The van der Waals surface area contributed by atoms with Crippen LogP contribution in [0.15, 0.2) is 18.2 Å². The summed E-state index contributed by atoms with van der Waals surface area (Å²) in [5, 5.41) is 5.71. The Hall–Kier alpha value is -1.52. The Morgan fingerprint density at radius 3 is 2.77 bits per heavy atom. The largest absolute Gasteiger partial charge is 0.330 e. The maximum atomic E-state index is 13.4. The van der Waals surface area contributed by atoms with Crippen molar-refractivity contribution in [1.82, 2.24) is 14.7 Å². The number of aromatic nitrogens is 2. The minimum atomic E-state index is -0.0400. The summed E-state index contributed by atoms with van der Waals surface area (Å²) in [5.74, 6) is -0.0400. The third kappa shape index (κ3) is 3.25. The summed E-state index contributed by atoms with van der Waals surface area (Å²) >= 11 is 12.4. The topological polar surface area (TPSA) is 38.1 Å². The zero-order valence-corrected chi connectivity index (χ0v) is 16.5. The van der Waals surface area contributed by atoms with Gasteiger partial charge in [-0.3, -0.25) is 9.48 Å². The van der Waals surface area contributed by atoms with Crippen LogP contribution in [0, 0.1) is 0 Å². The molecule has 0 radical (unpaired) electrons. The highest BCUT2D eigenvalue weighted by Crippen LogP contribution is 2.31. The van der Waals surface area contributed by atoms with Crippen LogP contribution >= 0.6 is 23.2 Å². The SMILES string of the molecule is Cn1nc(CN(C(=O)c2cc(Cl)ccc2Cl)C2CCCC2)c2c1CCC2. The highest BCUT2D eigenvalue weighted by molar-refractivity contribution is 6.35. The summed E-state index contributed by atoms with van der Waals surface area (Å²) in [6, 6.07) is 5.34. The standard InChI is InChI=1S/C20H23Cl2N3O/c1-24-19-8-4-7-15(19)18(23-24)12-25(14-5-2-3-6-14)20(26)16-11-13(21)9-10-17(16)22/h9-11,14H,2-8,12H2,1H3. The molecule has 1 aromatic carbocycles. The van der Waals surface area contributed by atoms with E-state index in [9.17, 15) is 4.79 Å². The van der Waals surface area contributed by atoms with Gasteiger partial charge in [-0.1, -0.05) is 36.0 Å². The van der Waals surface area contributed by atoms with Crippen molar-refractivity contribution in [2.24, 2.45) is 7.05 Å². The Labute approximate surface area is 164 Å². The highest BCUT2D eigenvalue weighted by atomic mass is 35.5. The fraction of sp³-hybridized carbons (Fsp3) is 0.500. The average Bonchev–Trinajstić information content (AvgIpc) is 3.35. The van der Waals surface area contributed by atoms with E-state index in [1.807, 2.05) is 16.6 Å². The minimum Gasteiger partial charge on any atom is -0.330 e. The number of nitrogens with zero attached hydrogens (tertiary/aromatic N) is 3. The van der Waals surface area contributed by atoms with Gasteiger partial charge in [0.1, 0.15) is 0 Å². The monoisotopic (exact) mass is 391 g/mol. The molecule has 26 heavy (non-hydrogen) atoms. The fourth-order valence-electron chi connectivity index (χ4n) is 4.38. The molecule has 0 bridgehead atoms. The van der Waals surface area contributed by atoms with Gasteiger partial charge in [-0.15, -0.1) is 0 Å². The van der Waals surface area contributed by atoms with Crippen LogP contribution in [0.3, 0.4) is 0 Å². The molecule has 4 nitrogen and oxygen atoms in total. The van der Waals surface area contributed by atoms with Crippen LogP contribution < -0.4 is 0 Å². The average molecular weight is 392 g/mol. The van der Waals surface area contributed by atoms with Gasteiger partial charge in [-0.25, -0.2) is 0 Å². The number of aryl methyl sites for hydroxylation is 1. The van der Waals surface area contributed by atoms with E-state index >= 15 is 0 Å². The predicted molar refractivity (Wildman–Crippen MR) is 104 cm³/mol. The molecule has 1 saturated carbocycles. The Bertz CT molecular complexity index is 840.